The molecule has 1 aromatic heterocycles. The standard InChI is InChI=1S/C34H34N2O5S/c1-20(2)15-16-41-26-14-12-24(19-27(26)40-5)31-29(25(37)13-11-23-9-7-6-8-10-23)32(38)33(39)36(31)34-35-30-22(4)17-21(3)18-28(30)42-34/h6-14,17-20,31,38H,15-16H2,1-5H3/b13-11+. The van der Waals surface area contributed by atoms with Gasteiger partial charge in [0.1, 0.15) is 0 Å². The Morgan fingerprint density at radius 3 is 2.57 bits per heavy atom. The summed E-state index contributed by atoms with van der Waals surface area (Å²) in [7, 11) is 1.55. The zero-order chi connectivity index (χ0) is 30.0. The van der Waals surface area contributed by atoms with Gasteiger partial charge in [-0.25, -0.2) is 4.98 Å². The summed E-state index contributed by atoms with van der Waals surface area (Å²) in [6.07, 6.45) is 3.94. The highest BCUT2D eigenvalue weighted by Crippen LogP contribution is 2.45. The van der Waals surface area contributed by atoms with Gasteiger partial charge in [0.2, 0.25) is 0 Å². The third kappa shape index (κ3) is 5.81. The number of rotatable bonds is 10. The molecule has 0 saturated carbocycles. The molecule has 2 heterocycles. The Bertz CT molecular complexity index is 1700. The van der Waals surface area contributed by atoms with Gasteiger partial charge in [0.15, 0.2) is 28.2 Å². The topological polar surface area (TPSA) is 89.0 Å². The second kappa shape index (κ2) is 12.2. The molecular formula is C34H34N2O5S. The number of aryl methyl sites for hydroxylation is 2. The number of ketones is 1. The summed E-state index contributed by atoms with van der Waals surface area (Å²) in [5, 5.41) is 11.6. The number of aliphatic hydroxyl groups excluding tert-OH is 1. The second-order valence-electron chi connectivity index (χ2n) is 10.8. The van der Waals surface area contributed by atoms with Crippen LogP contribution in [0.3, 0.4) is 0 Å². The molecule has 0 bridgehead atoms. The van der Waals surface area contributed by atoms with Gasteiger partial charge in [-0.3, -0.25) is 14.5 Å². The summed E-state index contributed by atoms with van der Waals surface area (Å²) in [4.78, 5) is 33.6. The van der Waals surface area contributed by atoms with Gasteiger partial charge in [-0.1, -0.05) is 73.7 Å². The summed E-state index contributed by atoms with van der Waals surface area (Å²) in [5.74, 6) is -0.222. The van der Waals surface area contributed by atoms with Crippen LogP contribution < -0.4 is 14.4 Å². The number of hydrogen-bond donors (Lipinski definition) is 1. The third-order valence-electron chi connectivity index (χ3n) is 7.18. The highest BCUT2D eigenvalue weighted by Gasteiger charge is 2.45. The van der Waals surface area contributed by atoms with Crippen LogP contribution in [-0.4, -0.2) is 35.5 Å². The molecule has 0 aliphatic carbocycles. The van der Waals surface area contributed by atoms with E-state index in [2.05, 4.69) is 13.8 Å². The number of thiazole rings is 1. The molecule has 1 aliphatic heterocycles. The molecule has 0 fully saturated rings. The van der Waals surface area contributed by atoms with E-state index in [9.17, 15) is 14.7 Å². The Kier molecular flexibility index (Phi) is 8.45. The largest absolute Gasteiger partial charge is 0.503 e. The smallest absolute Gasteiger partial charge is 0.296 e. The molecule has 216 valence electrons. The number of carbonyl (C=O) groups excluding carboxylic acids is 2. The van der Waals surface area contributed by atoms with E-state index in [4.69, 9.17) is 14.5 Å². The van der Waals surface area contributed by atoms with E-state index in [0.29, 0.717) is 34.7 Å². The van der Waals surface area contributed by atoms with Gasteiger partial charge < -0.3 is 14.6 Å². The first-order valence-corrected chi connectivity index (χ1v) is 14.7. The minimum atomic E-state index is -0.925. The normalized spacial score (nSPS) is 15.4. The van der Waals surface area contributed by atoms with Gasteiger partial charge in [0.05, 0.1) is 35.5 Å². The number of ether oxygens (including phenoxy) is 2. The molecule has 0 radical (unpaired) electrons. The van der Waals surface area contributed by atoms with Gasteiger partial charge >= 0.3 is 0 Å². The number of anilines is 1. The van der Waals surface area contributed by atoms with E-state index >= 15 is 0 Å². The number of allylic oxidation sites excluding steroid dienone is 1. The fourth-order valence-electron chi connectivity index (χ4n) is 5.04. The van der Waals surface area contributed by atoms with Crippen LogP contribution in [0.4, 0.5) is 5.13 Å². The van der Waals surface area contributed by atoms with Gasteiger partial charge in [-0.05, 0) is 72.7 Å². The number of aromatic nitrogens is 1. The highest BCUT2D eigenvalue weighted by atomic mass is 32.1. The van der Waals surface area contributed by atoms with E-state index in [0.717, 1.165) is 33.3 Å². The SMILES string of the molecule is COc1cc(C2C(C(=O)/C=C/c3ccccc3)=C(O)C(=O)N2c2nc3c(C)cc(C)cc3s2)ccc1OCCC(C)C. The van der Waals surface area contributed by atoms with Crippen LogP contribution in [0.15, 0.2) is 78.1 Å². The van der Waals surface area contributed by atoms with Crippen LogP contribution in [0.1, 0.15) is 48.6 Å². The maximum absolute atomic E-state index is 13.7. The number of amides is 1. The highest BCUT2D eigenvalue weighted by molar-refractivity contribution is 7.22. The molecule has 42 heavy (non-hydrogen) atoms. The zero-order valence-corrected chi connectivity index (χ0v) is 25.2. The van der Waals surface area contributed by atoms with Crippen LogP contribution in [0.2, 0.25) is 0 Å². The van der Waals surface area contributed by atoms with Crippen LogP contribution in [-0.2, 0) is 9.59 Å². The number of benzene rings is 3. The predicted molar refractivity (Wildman–Crippen MR) is 167 cm³/mol. The van der Waals surface area contributed by atoms with Gasteiger partial charge in [0, 0.05) is 0 Å². The molecule has 3 aromatic carbocycles. The van der Waals surface area contributed by atoms with Crippen molar-refractivity contribution in [3.63, 3.8) is 0 Å². The third-order valence-corrected chi connectivity index (χ3v) is 8.18. The average molecular weight is 583 g/mol. The van der Waals surface area contributed by atoms with E-state index in [1.807, 2.05) is 56.3 Å². The van der Waals surface area contributed by atoms with E-state index in [1.54, 1.807) is 31.4 Å². The lowest BCUT2D eigenvalue weighted by Gasteiger charge is -2.25. The number of aliphatic hydroxyl groups is 1. The summed E-state index contributed by atoms with van der Waals surface area (Å²) in [6, 6.07) is 17.8. The quantitative estimate of drug-likeness (QED) is 0.195. The van der Waals surface area contributed by atoms with Crippen LogP contribution in [0, 0.1) is 19.8 Å². The van der Waals surface area contributed by atoms with Crippen LogP contribution in [0.5, 0.6) is 11.5 Å². The van der Waals surface area contributed by atoms with E-state index in [1.165, 1.54) is 22.3 Å². The van der Waals surface area contributed by atoms with Crippen molar-refractivity contribution in [1.29, 1.82) is 0 Å². The van der Waals surface area contributed by atoms with Crippen molar-refractivity contribution in [2.24, 2.45) is 5.92 Å². The van der Waals surface area contributed by atoms with Crippen molar-refractivity contribution in [3.8, 4) is 11.5 Å². The maximum Gasteiger partial charge on any atom is 0.296 e. The molecule has 1 N–H and O–H groups in total. The average Bonchev–Trinajstić information content (AvgIpc) is 3.50. The Labute approximate surface area is 249 Å². The first-order chi connectivity index (χ1) is 20.2. The molecule has 7 nitrogen and oxygen atoms in total. The molecule has 0 spiro atoms. The Hall–Kier alpha value is -4.43. The van der Waals surface area contributed by atoms with Crippen molar-refractivity contribution >= 4 is 44.5 Å². The fourth-order valence-corrected chi connectivity index (χ4v) is 6.20. The zero-order valence-electron chi connectivity index (χ0n) is 24.4. The molecule has 1 aliphatic rings. The molecule has 4 aromatic rings. The Balaban J connectivity index is 1.60. The predicted octanol–water partition coefficient (Wildman–Crippen LogP) is 7.53. The summed E-state index contributed by atoms with van der Waals surface area (Å²) >= 11 is 1.35. The monoisotopic (exact) mass is 582 g/mol. The minimum absolute atomic E-state index is 0.0186. The molecule has 8 heteroatoms. The second-order valence-corrected chi connectivity index (χ2v) is 11.8. The van der Waals surface area contributed by atoms with Crippen molar-refractivity contribution in [2.75, 3.05) is 18.6 Å². The molecule has 1 amide bonds. The number of hydrogen-bond acceptors (Lipinski definition) is 7. The number of carbonyl (C=O) groups is 2. The van der Waals surface area contributed by atoms with E-state index < -0.39 is 23.5 Å². The van der Waals surface area contributed by atoms with Crippen LogP contribution >= 0.6 is 11.3 Å². The van der Waals surface area contributed by atoms with Crippen LogP contribution in [0.25, 0.3) is 16.3 Å². The Morgan fingerprint density at radius 2 is 1.86 bits per heavy atom. The minimum Gasteiger partial charge on any atom is -0.503 e. The van der Waals surface area contributed by atoms with Crippen molar-refractivity contribution in [3.05, 3.63) is 100 Å². The fraction of sp³-hybridized carbons (Fsp3) is 0.265. The molecule has 0 saturated heterocycles. The van der Waals surface area contributed by atoms with Gasteiger partial charge in [-0.15, -0.1) is 0 Å². The maximum atomic E-state index is 13.7. The Morgan fingerprint density at radius 1 is 1.10 bits per heavy atom. The van der Waals surface area contributed by atoms with E-state index in [-0.39, 0.29) is 5.57 Å². The van der Waals surface area contributed by atoms with Crippen molar-refractivity contribution < 1.29 is 24.2 Å². The summed E-state index contributed by atoms with van der Waals surface area (Å²) in [5.41, 5.74) is 4.24. The summed E-state index contributed by atoms with van der Waals surface area (Å²) < 4.78 is 12.6. The van der Waals surface area contributed by atoms with Gasteiger partial charge in [-0.2, -0.15) is 0 Å². The van der Waals surface area contributed by atoms with Gasteiger partial charge in [0.25, 0.3) is 5.91 Å². The number of fused-ring (bicyclic) bond motifs is 1. The summed E-state index contributed by atoms with van der Waals surface area (Å²) in [6.45, 7) is 8.77. The first kappa shape index (κ1) is 29.1. The number of nitrogens with zero attached hydrogens (tertiary/aromatic N) is 2. The molecule has 5 rings (SSSR count). The molecule has 1 atom stereocenters. The lowest BCUT2D eigenvalue weighted by Crippen LogP contribution is -2.30. The van der Waals surface area contributed by atoms with Crippen molar-refractivity contribution in [2.45, 2.75) is 40.2 Å². The number of methoxy groups -OCH3 is 1. The lowest BCUT2D eigenvalue weighted by molar-refractivity contribution is -0.117. The first-order valence-electron chi connectivity index (χ1n) is 13.9. The lowest BCUT2D eigenvalue weighted by atomic mass is 9.95. The molecule has 1 unspecified atom stereocenters. The molecular weight excluding hydrogens is 548 g/mol. The van der Waals surface area contributed by atoms with Crippen molar-refractivity contribution in [1.82, 2.24) is 4.98 Å².